The SMILES string of the molecule is c1ccc(-c2ccc3c(c2)c2cc(-c4ccccc4)ccc2n3-c2cncc(-n3c4ccc(-c5ccccc5)cc4c4cc(-c5ccccc5)ccc43)n2)cc1. The van der Waals surface area contributed by atoms with E-state index < -0.39 is 0 Å². The standard InChI is InChI=1S/C52H34N4/c1-5-13-35(14-6-1)39-21-25-47-43(29-39)44-30-40(36-15-7-2-8-16-36)22-26-48(44)55(47)51-33-53-34-52(54-51)56-49-27-23-41(37-17-9-3-10-18-37)31-45(49)46-32-42(24-28-50(46)56)38-19-11-4-12-20-38/h1-34H. The maximum atomic E-state index is 5.44. The summed E-state index contributed by atoms with van der Waals surface area (Å²) in [4.78, 5) is 10.3. The molecule has 0 saturated carbocycles. The molecular weight excluding hydrogens is 681 g/mol. The van der Waals surface area contributed by atoms with Gasteiger partial charge in [0.15, 0.2) is 11.6 Å². The Bertz CT molecular complexity index is 2810. The summed E-state index contributed by atoms with van der Waals surface area (Å²) in [6, 6.07) is 69.4. The number of rotatable bonds is 6. The normalized spacial score (nSPS) is 11.6. The van der Waals surface area contributed by atoms with Crippen LogP contribution < -0.4 is 0 Å². The Hall–Kier alpha value is -7.56. The Morgan fingerprint density at radius 3 is 0.804 bits per heavy atom. The molecule has 56 heavy (non-hydrogen) atoms. The number of fused-ring (bicyclic) bond motifs is 6. The zero-order valence-electron chi connectivity index (χ0n) is 30.4. The average Bonchev–Trinajstić information content (AvgIpc) is 3.79. The van der Waals surface area contributed by atoms with E-state index in [4.69, 9.17) is 9.97 Å². The Morgan fingerprint density at radius 2 is 0.536 bits per heavy atom. The van der Waals surface area contributed by atoms with Crippen molar-refractivity contribution >= 4 is 43.6 Å². The van der Waals surface area contributed by atoms with Gasteiger partial charge in [0.25, 0.3) is 0 Å². The van der Waals surface area contributed by atoms with Crippen molar-refractivity contribution in [2.75, 3.05) is 0 Å². The highest BCUT2D eigenvalue weighted by molar-refractivity contribution is 6.13. The summed E-state index contributed by atoms with van der Waals surface area (Å²) in [6.45, 7) is 0. The largest absolute Gasteiger partial charge is 0.292 e. The molecule has 4 heteroatoms. The van der Waals surface area contributed by atoms with Crippen molar-refractivity contribution in [1.29, 1.82) is 0 Å². The highest BCUT2D eigenvalue weighted by Crippen LogP contribution is 2.39. The fraction of sp³-hybridized carbons (Fsp3) is 0. The Morgan fingerprint density at radius 1 is 0.268 bits per heavy atom. The molecule has 0 aliphatic heterocycles. The lowest BCUT2D eigenvalue weighted by Gasteiger charge is -2.12. The summed E-state index contributed by atoms with van der Waals surface area (Å²) >= 11 is 0. The van der Waals surface area contributed by atoms with Crippen LogP contribution in [0.4, 0.5) is 0 Å². The molecule has 11 rings (SSSR count). The molecule has 0 saturated heterocycles. The van der Waals surface area contributed by atoms with Crippen molar-refractivity contribution in [2.45, 2.75) is 0 Å². The minimum atomic E-state index is 0.763. The molecule has 0 aliphatic carbocycles. The predicted octanol–water partition coefficient (Wildman–Crippen LogP) is 13.3. The maximum Gasteiger partial charge on any atom is 0.158 e. The molecule has 0 radical (unpaired) electrons. The third kappa shape index (κ3) is 5.31. The van der Waals surface area contributed by atoms with Crippen molar-refractivity contribution in [3.63, 3.8) is 0 Å². The summed E-state index contributed by atoms with van der Waals surface area (Å²) in [7, 11) is 0. The van der Waals surface area contributed by atoms with Gasteiger partial charge in [-0.05, 0) is 93.0 Å². The molecule has 0 amide bonds. The quantitative estimate of drug-likeness (QED) is 0.172. The Balaban J connectivity index is 1.13. The molecule has 0 spiro atoms. The van der Waals surface area contributed by atoms with E-state index in [1.807, 2.05) is 12.4 Å². The zero-order chi connectivity index (χ0) is 37.0. The number of benzene rings is 8. The molecule has 0 bridgehead atoms. The lowest BCUT2D eigenvalue weighted by molar-refractivity contribution is 0.979. The summed E-state index contributed by atoms with van der Waals surface area (Å²) in [5.74, 6) is 1.53. The number of nitrogens with zero attached hydrogens (tertiary/aromatic N) is 4. The van der Waals surface area contributed by atoms with Crippen LogP contribution in [0.3, 0.4) is 0 Å². The van der Waals surface area contributed by atoms with Gasteiger partial charge in [0.05, 0.1) is 34.5 Å². The van der Waals surface area contributed by atoms with Crippen LogP contribution in [0.25, 0.3) is 99.8 Å². The van der Waals surface area contributed by atoms with Crippen molar-refractivity contribution < 1.29 is 0 Å². The predicted molar refractivity (Wildman–Crippen MR) is 232 cm³/mol. The van der Waals surface area contributed by atoms with E-state index >= 15 is 0 Å². The summed E-state index contributed by atoms with van der Waals surface area (Å²) in [5.41, 5.74) is 13.8. The maximum absolute atomic E-state index is 5.44. The van der Waals surface area contributed by atoms with Gasteiger partial charge in [0.1, 0.15) is 0 Å². The molecule has 0 fully saturated rings. The Labute approximate surface area is 324 Å². The molecule has 8 aromatic carbocycles. The average molecular weight is 715 g/mol. The minimum Gasteiger partial charge on any atom is -0.292 e. The van der Waals surface area contributed by atoms with Gasteiger partial charge < -0.3 is 0 Å². The molecule has 262 valence electrons. The van der Waals surface area contributed by atoms with Gasteiger partial charge in [-0.25, -0.2) is 4.98 Å². The summed E-state index contributed by atoms with van der Waals surface area (Å²) in [5, 5.41) is 4.69. The first-order valence-corrected chi connectivity index (χ1v) is 19.0. The van der Waals surface area contributed by atoms with E-state index in [1.54, 1.807) is 0 Å². The molecule has 0 N–H and O–H groups in total. The molecule has 0 unspecified atom stereocenters. The van der Waals surface area contributed by atoms with Crippen LogP contribution >= 0.6 is 0 Å². The Kier molecular flexibility index (Phi) is 7.46. The second-order valence-electron chi connectivity index (χ2n) is 14.3. The summed E-state index contributed by atoms with van der Waals surface area (Å²) in [6.07, 6.45) is 3.76. The van der Waals surface area contributed by atoms with E-state index in [2.05, 4.69) is 203 Å². The van der Waals surface area contributed by atoms with Gasteiger partial charge in [-0.2, -0.15) is 0 Å². The van der Waals surface area contributed by atoms with Gasteiger partial charge in [-0.3, -0.25) is 14.1 Å². The molecule has 3 aromatic heterocycles. The van der Waals surface area contributed by atoms with Gasteiger partial charge in [0.2, 0.25) is 0 Å². The van der Waals surface area contributed by atoms with E-state index in [-0.39, 0.29) is 0 Å². The highest BCUT2D eigenvalue weighted by Gasteiger charge is 2.19. The first kappa shape index (κ1) is 31.9. The van der Waals surface area contributed by atoms with E-state index in [0.717, 1.165) is 33.7 Å². The lowest BCUT2D eigenvalue weighted by Crippen LogP contribution is -2.04. The monoisotopic (exact) mass is 714 g/mol. The second-order valence-corrected chi connectivity index (χ2v) is 14.3. The minimum absolute atomic E-state index is 0.763. The number of hydrogen-bond acceptors (Lipinski definition) is 2. The van der Waals surface area contributed by atoms with Crippen LogP contribution in [0.1, 0.15) is 0 Å². The fourth-order valence-corrected chi connectivity index (χ4v) is 8.34. The topological polar surface area (TPSA) is 35.6 Å². The number of aromatic nitrogens is 4. The smallest absolute Gasteiger partial charge is 0.158 e. The third-order valence-electron chi connectivity index (χ3n) is 11.0. The van der Waals surface area contributed by atoms with Crippen LogP contribution in [0, 0.1) is 0 Å². The molecule has 0 atom stereocenters. The van der Waals surface area contributed by atoms with Crippen LogP contribution in [0.15, 0.2) is 207 Å². The summed E-state index contributed by atoms with van der Waals surface area (Å²) < 4.78 is 4.53. The van der Waals surface area contributed by atoms with Crippen LogP contribution in [0.5, 0.6) is 0 Å². The highest BCUT2D eigenvalue weighted by atomic mass is 15.2. The van der Waals surface area contributed by atoms with Gasteiger partial charge in [0, 0.05) is 21.5 Å². The van der Waals surface area contributed by atoms with E-state index in [0.29, 0.717) is 0 Å². The van der Waals surface area contributed by atoms with Crippen LogP contribution in [0.2, 0.25) is 0 Å². The molecule has 3 heterocycles. The lowest BCUT2D eigenvalue weighted by atomic mass is 10.0. The van der Waals surface area contributed by atoms with E-state index in [9.17, 15) is 0 Å². The van der Waals surface area contributed by atoms with Crippen molar-refractivity contribution in [3.8, 4) is 56.1 Å². The van der Waals surface area contributed by atoms with Crippen molar-refractivity contribution in [3.05, 3.63) is 207 Å². The van der Waals surface area contributed by atoms with Gasteiger partial charge in [-0.1, -0.05) is 146 Å². The first-order valence-electron chi connectivity index (χ1n) is 19.0. The zero-order valence-corrected chi connectivity index (χ0v) is 30.4. The first-order chi connectivity index (χ1) is 27.8. The molecular formula is C52H34N4. The number of hydrogen-bond donors (Lipinski definition) is 0. The fourth-order valence-electron chi connectivity index (χ4n) is 8.34. The van der Waals surface area contributed by atoms with Crippen molar-refractivity contribution in [1.82, 2.24) is 19.1 Å². The molecule has 4 nitrogen and oxygen atoms in total. The third-order valence-corrected chi connectivity index (χ3v) is 11.0. The molecule has 11 aromatic rings. The van der Waals surface area contributed by atoms with Gasteiger partial charge in [-0.15, -0.1) is 0 Å². The van der Waals surface area contributed by atoms with Gasteiger partial charge >= 0.3 is 0 Å². The molecule has 0 aliphatic rings. The second kappa shape index (κ2) is 13.1. The van der Waals surface area contributed by atoms with E-state index in [1.165, 1.54) is 66.1 Å². The van der Waals surface area contributed by atoms with Crippen molar-refractivity contribution in [2.24, 2.45) is 0 Å². The van der Waals surface area contributed by atoms with Crippen LogP contribution in [-0.4, -0.2) is 19.1 Å². The van der Waals surface area contributed by atoms with Crippen LogP contribution in [-0.2, 0) is 0 Å².